The van der Waals surface area contributed by atoms with E-state index in [-0.39, 0.29) is 11.5 Å². The summed E-state index contributed by atoms with van der Waals surface area (Å²) in [6.45, 7) is 2.97. The van der Waals surface area contributed by atoms with Crippen LogP contribution in [0.15, 0.2) is 54.6 Å². The van der Waals surface area contributed by atoms with Crippen molar-refractivity contribution >= 4 is 22.6 Å². The van der Waals surface area contributed by atoms with Gasteiger partial charge in [-0.3, -0.25) is 4.79 Å². The number of aromatic carboxylic acids is 1. The van der Waals surface area contributed by atoms with Crippen LogP contribution in [-0.2, 0) is 0 Å². The van der Waals surface area contributed by atoms with Crippen LogP contribution in [0.4, 0.5) is 0 Å². The maximum atomic E-state index is 12.8. The van der Waals surface area contributed by atoms with E-state index in [1.807, 2.05) is 4.90 Å². The fourth-order valence-electron chi connectivity index (χ4n) is 4.07. The third kappa shape index (κ3) is 3.36. The average molecular weight is 374 g/mol. The standard InChI is InChI=1S/C23H22N2O3/c1-15-18(23(27)28)9-10-21(24-15)22(26)25-13-11-17(12-14-25)20-8-4-6-16-5-2-3-7-19(16)20/h2-10,17H,11-14H2,1H3,(H,27,28). The molecule has 5 heteroatoms. The lowest BCUT2D eigenvalue weighted by atomic mass is 9.86. The second-order valence-corrected chi connectivity index (χ2v) is 7.27. The molecule has 0 bridgehead atoms. The number of hydrogen-bond acceptors (Lipinski definition) is 3. The Morgan fingerprint density at radius 3 is 2.43 bits per heavy atom. The molecule has 0 spiro atoms. The van der Waals surface area contributed by atoms with Crippen molar-refractivity contribution in [2.75, 3.05) is 13.1 Å². The molecule has 0 aliphatic carbocycles. The lowest BCUT2D eigenvalue weighted by molar-refractivity contribution is 0.0684. The quantitative estimate of drug-likeness (QED) is 0.744. The third-order valence-corrected chi connectivity index (χ3v) is 5.58. The second-order valence-electron chi connectivity index (χ2n) is 7.27. The molecule has 0 saturated carbocycles. The van der Waals surface area contributed by atoms with Gasteiger partial charge in [0.05, 0.1) is 11.3 Å². The van der Waals surface area contributed by atoms with Gasteiger partial charge in [-0.1, -0.05) is 42.5 Å². The highest BCUT2D eigenvalue weighted by Gasteiger charge is 2.26. The molecule has 3 aromatic rings. The van der Waals surface area contributed by atoms with Crippen LogP contribution >= 0.6 is 0 Å². The third-order valence-electron chi connectivity index (χ3n) is 5.58. The highest BCUT2D eigenvalue weighted by atomic mass is 16.4. The van der Waals surface area contributed by atoms with Gasteiger partial charge in [0.25, 0.3) is 5.91 Å². The first-order chi connectivity index (χ1) is 13.5. The van der Waals surface area contributed by atoms with Crippen molar-refractivity contribution in [1.82, 2.24) is 9.88 Å². The summed E-state index contributed by atoms with van der Waals surface area (Å²) in [6.07, 6.45) is 1.82. The number of aromatic nitrogens is 1. The molecule has 1 aromatic heterocycles. The van der Waals surface area contributed by atoms with Gasteiger partial charge in [0.1, 0.15) is 5.69 Å². The average Bonchev–Trinajstić information content (AvgIpc) is 2.72. The van der Waals surface area contributed by atoms with E-state index in [1.165, 1.54) is 28.5 Å². The summed E-state index contributed by atoms with van der Waals surface area (Å²) < 4.78 is 0. The molecule has 1 aliphatic heterocycles. The van der Waals surface area contributed by atoms with Crippen molar-refractivity contribution in [3.63, 3.8) is 0 Å². The van der Waals surface area contributed by atoms with Gasteiger partial charge >= 0.3 is 5.97 Å². The number of pyridine rings is 1. The molecule has 4 rings (SSSR count). The number of rotatable bonds is 3. The number of carbonyl (C=O) groups is 2. The van der Waals surface area contributed by atoms with Crippen LogP contribution < -0.4 is 0 Å². The number of carboxylic acid groups (broad SMARTS) is 1. The van der Waals surface area contributed by atoms with E-state index < -0.39 is 5.97 Å². The smallest absolute Gasteiger partial charge is 0.337 e. The number of hydrogen-bond donors (Lipinski definition) is 1. The summed E-state index contributed by atoms with van der Waals surface area (Å²) >= 11 is 0. The Kier molecular flexibility index (Phi) is 4.82. The highest BCUT2D eigenvalue weighted by Crippen LogP contribution is 2.33. The van der Waals surface area contributed by atoms with Crippen molar-refractivity contribution in [1.29, 1.82) is 0 Å². The van der Waals surface area contributed by atoms with Gasteiger partial charge in [0.15, 0.2) is 0 Å². The van der Waals surface area contributed by atoms with Gasteiger partial charge in [-0.25, -0.2) is 9.78 Å². The number of carboxylic acids is 1. The lowest BCUT2D eigenvalue weighted by Gasteiger charge is -2.32. The number of fused-ring (bicyclic) bond motifs is 1. The molecule has 2 heterocycles. The van der Waals surface area contributed by atoms with E-state index in [9.17, 15) is 9.59 Å². The van der Waals surface area contributed by atoms with Crippen LogP contribution in [-0.4, -0.2) is 40.0 Å². The molecule has 1 N–H and O–H groups in total. The summed E-state index contributed by atoms with van der Waals surface area (Å²) in [5, 5.41) is 11.7. The van der Waals surface area contributed by atoms with Crippen LogP contribution in [0, 0.1) is 6.92 Å². The Bertz CT molecular complexity index is 1050. The molecule has 142 valence electrons. The Labute approximate surface area is 163 Å². The molecule has 0 radical (unpaired) electrons. The number of likely N-dealkylation sites (tertiary alicyclic amines) is 1. The minimum atomic E-state index is -1.03. The van der Waals surface area contributed by atoms with Crippen LogP contribution in [0.1, 0.15) is 50.9 Å². The Hall–Kier alpha value is -3.21. The minimum absolute atomic E-state index is 0.128. The van der Waals surface area contributed by atoms with Gasteiger partial charge in [0, 0.05) is 13.1 Å². The maximum Gasteiger partial charge on any atom is 0.337 e. The van der Waals surface area contributed by atoms with Gasteiger partial charge in [-0.15, -0.1) is 0 Å². The molecular weight excluding hydrogens is 352 g/mol. The van der Waals surface area contributed by atoms with E-state index in [4.69, 9.17) is 5.11 Å². The molecule has 0 unspecified atom stereocenters. The summed E-state index contributed by atoms with van der Waals surface area (Å²) in [4.78, 5) is 30.0. The number of benzene rings is 2. The predicted octanol–water partition coefficient (Wildman–Crippen LogP) is 4.26. The largest absolute Gasteiger partial charge is 0.478 e. The predicted molar refractivity (Wildman–Crippen MR) is 108 cm³/mol. The van der Waals surface area contributed by atoms with E-state index in [0.717, 1.165) is 12.8 Å². The first kappa shape index (κ1) is 18.2. The van der Waals surface area contributed by atoms with Gasteiger partial charge < -0.3 is 10.0 Å². The maximum absolute atomic E-state index is 12.8. The molecule has 0 atom stereocenters. The van der Waals surface area contributed by atoms with Crippen molar-refractivity contribution in [2.24, 2.45) is 0 Å². The molecular formula is C23H22N2O3. The lowest BCUT2D eigenvalue weighted by Crippen LogP contribution is -2.38. The number of carbonyl (C=O) groups excluding carboxylic acids is 1. The summed E-state index contributed by atoms with van der Waals surface area (Å²) in [5.41, 5.74) is 2.16. The first-order valence-electron chi connectivity index (χ1n) is 9.52. The molecule has 2 aromatic carbocycles. The molecule has 1 aliphatic rings. The van der Waals surface area contributed by atoms with Crippen LogP contribution in [0.2, 0.25) is 0 Å². The van der Waals surface area contributed by atoms with Gasteiger partial charge in [-0.2, -0.15) is 0 Å². The molecule has 5 nitrogen and oxygen atoms in total. The molecule has 1 fully saturated rings. The minimum Gasteiger partial charge on any atom is -0.478 e. The molecule has 1 amide bonds. The summed E-state index contributed by atoms with van der Waals surface area (Å²) in [6, 6.07) is 17.8. The van der Waals surface area contributed by atoms with E-state index in [0.29, 0.717) is 30.4 Å². The fourth-order valence-corrected chi connectivity index (χ4v) is 4.07. The normalized spacial score (nSPS) is 15.0. The number of aryl methyl sites for hydroxylation is 1. The highest BCUT2D eigenvalue weighted by molar-refractivity contribution is 5.94. The molecule has 1 saturated heterocycles. The van der Waals surface area contributed by atoms with E-state index in [2.05, 4.69) is 47.4 Å². The SMILES string of the molecule is Cc1nc(C(=O)N2CCC(c3cccc4ccccc34)CC2)ccc1C(=O)O. The first-order valence-corrected chi connectivity index (χ1v) is 9.52. The Morgan fingerprint density at radius 2 is 1.71 bits per heavy atom. The number of nitrogens with zero attached hydrogens (tertiary/aromatic N) is 2. The number of piperidine rings is 1. The van der Waals surface area contributed by atoms with Crippen LogP contribution in [0.3, 0.4) is 0 Å². The second kappa shape index (κ2) is 7.43. The van der Waals surface area contributed by atoms with E-state index >= 15 is 0 Å². The fraction of sp³-hybridized carbons (Fsp3) is 0.261. The van der Waals surface area contributed by atoms with Crippen molar-refractivity contribution in [3.05, 3.63) is 77.1 Å². The van der Waals surface area contributed by atoms with Crippen LogP contribution in [0.25, 0.3) is 10.8 Å². The van der Waals surface area contributed by atoms with Crippen molar-refractivity contribution in [3.8, 4) is 0 Å². The number of amides is 1. The summed E-state index contributed by atoms with van der Waals surface area (Å²) in [7, 11) is 0. The zero-order chi connectivity index (χ0) is 19.7. The zero-order valence-corrected chi connectivity index (χ0v) is 15.8. The summed E-state index contributed by atoms with van der Waals surface area (Å²) in [5.74, 6) is -0.726. The zero-order valence-electron chi connectivity index (χ0n) is 15.8. The van der Waals surface area contributed by atoms with E-state index in [1.54, 1.807) is 6.92 Å². The van der Waals surface area contributed by atoms with Crippen molar-refractivity contribution in [2.45, 2.75) is 25.7 Å². The molecule has 28 heavy (non-hydrogen) atoms. The monoisotopic (exact) mass is 374 g/mol. The van der Waals surface area contributed by atoms with Crippen LogP contribution in [0.5, 0.6) is 0 Å². The Balaban J connectivity index is 1.49. The van der Waals surface area contributed by atoms with Gasteiger partial charge in [-0.05, 0) is 54.2 Å². The Morgan fingerprint density at radius 1 is 1.00 bits per heavy atom. The van der Waals surface area contributed by atoms with Crippen molar-refractivity contribution < 1.29 is 14.7 Å². The topological polar surface area (TPSA) is 70.5 Å². The van der Waals surface area contributed by atoms with Gasteiger partial charge in [0.2, 0.25) is 0 Å².